The van der Waals surface area contributed by atoms with Gasteiger partial charge in [-0.05, 0) is 64.1 Å². The molecular weight excluding hydrogens is 578 g/mol. The molecule has 0 saturated heterocycles. The summed E-state index contributed by atoms with van der Waals surface area (Å²) in [5, 5.41) is 6.73. The van der Waals surface area contributed by atoms with Crippen LogP contribution in [0.25, 0.3) is 44.6 Å². The molecule has 47 heavy (non-hydrogen) atoms. The second kappa shape index (κ2) is 12.0. The molecule has 0 aliphatic carbocycles. The lowest BCUT2D eigenvalue weighted by atomic mass is 9.92. The summed E-state index contributed by atoms with van der Waals surface area (Å²) in [6.45, 7) is 18.1. The molecule has 7 nitrogen and oxygen atoms in total. The number of hydrogen-bond acceptors (Lipinski definition) is 4. The van der Waals surface area contributed by atoms with Crippen LogP contribution in [0.4, 0.5) is 0 Å². The smallest absolute Gasteiger partial charge is 0.240 e. The molecule has 0 aliphatic rings. The second-order valence-corrected chi connectivity index (χ2v) is 13.7. The SMILES string of the molecule is CC(C)c1cccc(C(C)C)c1-n1c(=Nn2c3ccccc3c3ncccc32)n(-c2c(C(C)C)cccc2C(C)C)c2nccnc21. The molecule has 0 saturated carbocycles. The standard InChI is InChI=1S/C40H43N7/c1-24(2)28-15-11-16-29(25(3)4)36(28)45-38-39(43-23-22-42-38)46(37-30(26(5)6)17-12-18-31(37)27(7)8)40(45)44-47-33-19-10-9-14-32(33)35-34(47)20-13-21-41-35/h9-27H,1-8H3. The highest BCUT2D eigenvalue weighted by atomic mass is 15.4. The van der Waals surface area contributed by atoms with Crippen LogP contribution >= 0.6 is 0 Å². The number of para-hydroxylation sites is 3. The second-order valence-electron chi connectivity index (χ2n) is 13.7. The summed E-state index contributed by atoms with van der Waals surface area (Å²) in [5.41, 5.74) is 12.4. The van der Waals surface area contributed by atoms with Crippen LogP contribution in [0.3, 0.4) is 0 Å². The first-order valence-electron chi connectivity index (χ1n) is 16.8. The zero-order chi connectivity index (χ0) is 33.0. The van der Waals surface area contributed by atoms with Gasteiger partial charge in [0.25, 0.3) is 0 Å². The van der Waals surface area contributed by atoms with E-state index in [1.165, 1.54) is 22.3 Å². The summed E-state index contributed by atoms with van der Waals surface area (Å²) in [4.78, 5) is 14.9. The Morgan fingerprint density at radius 2 is 0.957 bits per heavy atom. The van der Waals surface area contributed by atoms with Gasteiger partial charge in [-0.3, -0.25) is 14.1 Å². The lowest BCUT2D eigenvalue weighted by Gasteiger charge is -2.22. The van der Waals surface area contributed by atoms with Gasteiger partial charge in [0.05, 0.1) is 27.9 Å². The van der Waals surface area contributed by atoms with Crippen LogP contribution in [0.5, 0.6) is 0 Å². The molecule has 0 amide bonds. The molecule has 4 aromatic heterocycles. The van der Waals surface area contributed by atoms with Crippen LogP contribution in [0.15, 0.2) is 96.5 Å². The normalized spacial score (nSPS) is 12.2. The molecule has 238 valence electrons. The average molecular weight is 622 g/mol. The third-order valence-electron chi connectivity index (χ3n) is 9.21. The maximum absolute atomic E-state index is 5.67. The van der Waals surface area contributed by atoms with E-state index in [1.807, 2.05) is 12.3 Å². The molecule has 0 N–H and O–H groups in total. The number of benzene rings is 3. The van der Waals surface area contributed by atoms with Gasteiger partial charge in [-0.1, -0.05) is 110 Å². The van der Waals surface area contributed by atoms with E-state index in [4.69, 9.17) is 20.1 Å². The van der Waals surface area contributed by atoms with E-state index in [0.29, 0.717) is 0 Å². The topological polar surface area (TPSA) is 65.8 Å². The lowest BCUT2D eigenvalue weighted by molar-refractivity contribution is 0.736. The number of hydrogen-bond donors (Lipinski definition) is 0. The van der Waals surface area contributed by atoms with Gasteiger partial charge in [-0.2, -0.15) is 0 Å². The van der Waals surface area contributed by atoms with Gasteiger partial charge in [0.1, 0.15) is 0 Å². The Morgan fingerprint density at radius 1 is 0.489 bits per heavy atom. The predicted octanol–water partition coefficient (Wildman–Crippen LogP) is 9.57. The molecule has 7 rings (SSSR count). The van der Waals surface area contributed by atoms with Crippen LogP contribution in [-0.4, -0.2) is 28.8 Å². The van der Waals surface area contributed by atoms with Crippen LogP contribution < -0.4 is 5.62 Å². The fourth-order valence-corrected chi connectivity index (χ4v) is 6.93. The average Bonchev–Trinajstić information content (AvgIpc) is 3.56. The van der Waals surface area contributed by atoms with Crippen molar-refractivity contribution in [1.29, 1.82) is 0 Å². The minimum Gasteiger partial charge on any atom is -0.259 e. The zero-order valence-corrected chi connectivity index (χ0v) is 28.6. The maximum atomic E-state index is 5.67. The molecule has 7 aromatic rings. The molecule has 0 bridgehead atoms. The van der Waals surface area contributed by atoms with Crippen molar-refractivity contribution in [1.82, 2.24) is 28.8 Å². The first-order valence-corrected chi connectivity index (χ1v) is 16.8. The molecular formula is C40H43N7. The first-order chi connectivity index (χ1) is 22.7. The zero-order valence-electron chi connectivity index (χ0n) is 28.6. The van der Waals surface area contributed by atoms with Gasteiger partial charge in [0, 0.05) is 24.0 Å². The van der Waals surface area contributed by atoms with Crippen molar-refractivity contribution in [3.63, 3.8) is 0 Å². The highest BCUT2D eigenvalue weighted by Gasteiger charge is 2.27. The van der Waals surface area contributed by atoms with Crippen LogP contribution in [-0.2, 0) is 0 Å². The lowest BCUT2D eigenvalue weighted by Crippen LogP contribution is -2.29. The Balaban J connectivity index is 1.79. The van der Waals surface area contributed by atoms with Crippen molar-refractivity contribution >= 4 is 33.2 Å². The third-order valence-corrected chi connectivity index (χ3v) is 9.21. The number of pyridine rings is 1. The predicted molar refractivity (Wildman–Crippen MR) is 193 cm³/mol. The van der Waals surface area contributed by atoms with E-state index in [9.17, 15) is 0 Å². The fourth-order valence-electron chi connectivity index (χ4n) is 6.93. The molecule has 0 unspecified atom stereocenters. The molecule has 4 heterocycles. The minimum atomic E-state index is 0.269. The van der Waals surface area contributed by atoms with Crippen molar-refractivity contribution in [2.24, 2.45) is 5.10 Å². The van der Waals surface area contributed by atoms with Crippen molar-refractivity contribution in [2.75, 3.05) is 0 Å². The van der Waals surface area contributed by atoms with E-state index in [2.05, 4.69) is 136 Å². The van der Waals surface area contributed by atoms with Gasteiger partial charge >= 0.3 is 0 Å². The number of rotatable bonds is 7. The summed E-state index contributed by atoms with van der Waals surface area (Å²) < 4.78 is 6.59. The fraction of sp³-hybridized carbons (Fsp3) is 0.300. The van der Waals surface area contributed by atoms with E-state index < -0.39 is 0 Å². The third kappa shape index (κ3) is 4.96. The van der Waals surface area contributed by atoms with E-state index in [0.717, 1.165) is 50.2 Å². The molecule has 0 fully saturated rings. The van der Waals surface area contributed by atoms with Crippen molar-refractivity contribution in [3.05, 3.63) is 119 Å². The Morgan fingerprint density at radius 3 is 1.45 bits per heavy atom. The van der Waals surface area contributed by atoms with Gasteiger partial charge in [0.15, 0.2) is 11.3 Å². The highest BCUT2D eigenvalue weighted by Crippen LogP contribution is 2.36. The molecule has 0 atom stereocenters. The number of fused-ring (bicyclic) bond motifs is 4. The van der Waals surface area contributed by atoms with Gasteiger partial charge in [0.2, 0.25) is 5.62 Å². The Bertz CT molecular complexity index is 2120. The number of imidazole rings is 1. The Hall–Kier alpha value is -5.04. The van der Waals surface area contributed by atoms with Gasteiger partial charge in [-0.15, -0.1) is 5.10 Å². The molecule has 0 spiro atoms. The van der Waals surface area contributed by atoms with Crippen LogP contribution in [0, 0.1) is 0 Å². The van der Waals surface area contributed by atoms with Crippen molar-refractivity contribution in [3.8, 4) is 11.4 Å². The Kier molecular flexibility index (Phi) is 7.79. The van der Waals surface area contributed by atoms with Crippen LogP contribution in [0.2, 0.25) is 0 Å². The molecule has 0 aliphatic heterocycles. The summed E-state index contributed by atoms with van der Waals surface area (Å²) in [6, 6.07) is 25.8. The molecule has 7 heteroatoms. The van der Waals surface area contributed by atoms with E-state index in [-0.39, 0.29) is 23.7 Å². The first kappa shape index (κ1) is 30.6. The van der Waals surface area contributed by atoms with Crippen molar-refractivity contribution in [2.45, 2.75) is 79.1 Å². The summed E-state index contributed by atoms with van der Waals surface area (Å²) in [5.74, 6) is 1.08. The maximum Gasteiger partial charge on any atom is 0.240 e. The minimum absolute atomic E-state index is 0.269. The summed E-state index contributed by atoms with van der Waals surface area (Å²) >= 11 is 0. The highest BCUT2D eigenvalue weighted by molar-refractivity contribution is 6.05. The van der Waals surface area contributed by atoms with E-state index in [1.54, 1.807) is 12.4 Å². The van der Waals surface area contributed by atoms with Gasteiger partial charge < -0.3 is 0 Å². The molecule has 0 radical (unpaired) electrons. The van der Waals surface area contributed by atoms with Crippen LogP contribution in [0.1, 0.15) is 101 Å². The Labute approximate surface area is 276 Å². The summed E-state index contributed by atoms with van der Waals surface area (Å²) in [7, 11) is 0. The number of nitrogens with zero attached hydrogens (tertiary/aromatic N) is 7. The van der Waals surface area contributed by atoms with Crippen molar-refractivity contribution < 1.29 is 0 Å². The number of aromatic nitrogens is 6. The largest absolute Gasteiger partial charge is 0.259 e. The quantitative estimate of drug-likeness (QED) is 0.178. The monoisotopic (exact) mass is 621 g/mol. The van der Waals surface area contributed by atoms with E-state index >= 15 is 0 Å². The molecule has 3 aromatic carbocycles. The van der Waals surface area contributed by atoms with Gasteiger partial charge in [-0.25, -0.2) is 14.6 Å². The summed E-state index contributed by atoms with van der Waals surface area (Å²) in [6.07, 6.45) is 5.44.